The summed E-state index contributed by atoms with van der Waals surface area (Å²) in [4.78, 5) is 0. The minimum Gasteiger partial charge on any atom is -0.376 e. The number of aliphatic hydroxyl groups is 1. The van der Waals surface area contributed by atoms with Gasteiger partial charge in [-0.05, 0) is 35.3 Å². The van der Waals surface area contributed by atoms with Crippen molar-refractivity contribution >= 4 is 32.8 Å². The molecule has 2 aromatic rings. The van der Waals surface area contributed by atoms with E-state index in [1.54, 1.807) is 0 Å². The van der Waals surface area contributed by atoms with Crippen LogP contribution in [0, 0.1) is 24.2 Å². The van der Waals surface area contributed by atoms with Gasteiger partial charge in [0, 0.05) is 17.3 Å². The zero-order valence-electron chi connectivity index (χ0n) is 12.9. The summed E-state index contributed by atoms with van der Waals surface area (Å²) < 4.78 is 0.671. The molecule has 0 aliphatic carbocycles. The summed E-state index contributed by atoms with van der Waals surface area (Å²) in [5, 5.41) is 12.5. The molecule has 0 saturated carbocycles. The molecule has 23 heavy (non-hydrogen) atoms. The van der Waals surface area contributed by atoms with E-state index in [0.29, 0.717) is 4.48 Å². The van der Waals surface area contributed by atoms with Gasteiger partial charge in [-0.15, -0.1) is 18.3 Å². The summed E-state index contributed by atoms with van der Waals surface area (Å²) in [6.07, 6.45) is 9.82. The maximum absolute atomic E-state index is 10.1. The van der Waals surface area contributed by atoms with Gasteiger partial charge in [-0.3, -0.25) is 0 Å². The molecule has 2 aromatic carbocycles. The van der Waals surface area contributed by atoms with E-state index in [2.05, 4.69) is 51.9 Å². The van der Waals surface area contributed by atoms with Crippen molar-refractivity contribution in [3.63, 3.8) is 0 Å². The average molecular weight is 367 g/mol. The third-order valence-electron chi connectivity index (χ3n) is 3.49. The van der Waals surface area contributed by atoms with Crippen LogP contribution in [0.15, 0.2) is 46.9 Å². The molecule has 0 aliphatic heterocycles. The number of hydrogen-bond acceptors (Lipinski definition) is 1. The van der Waals surface area contributed by atoms with E-state index < -0.39 is 6.10 Å². The maximum Gasteiger partial charge on any atom is 0.146 e. The Labute approximate surface area is 146 Å². The smallest absolute Gasteiger partial charge is 0.146 e. The lowest BCUT2D eigenvalue weighted by atomic mass is 10.0. The van der Waals surface area contributed by atoms with E-state index in [1.807, 2.05) is 30.3 Å². The monoisotopic (exact) mass is 366 g/mol. The third-order valence-corrected chi connectivity index (χ3v) is 4.15. The standard InChI is InChI=1S/C21H19BrO/c1-2-3-4-5-6-7-15-21(23)20(22)16-18-13-10-12-17-11-8-9-14-19(17)18/h1,8-14,16,21,23H,3-6H2/b20-16-. The molecule has 0 aliphatic rings. The Bertz CT molecular complexity index is 781. The lowest BCUT2D eigenvalue weighted by molar-refractivity contribution is 0.278. The van der Waals surface area contributed by atoms with Crippen molar-refractivity contribution in [1.29, 1.82) is 0 Å². The van der Waals surface area contributed by atoms with Gasteiger partial charge in [0.2, 0.25) is 0 Å². The first-order valence-corrected chi connectivity index (χ1v) is 8.46. The fourth-order valence-electron chi connectivity index (χ4n) is 2.28. The maximum atomic E-state index is 10.1. The molecule has 1 atom stereocenters. The van der Waals surface area contributed by atoms with Crippen LogP contribution in [-0.2, 0) is 0 Å². The molecule has 0 radical (unpaired) electrons. The SMILES string of the molecule is C#CCCCCC#CC(O)/C(Br)=C/c1cccc2ccccc12. The fourth-order valence-corrected chi connectivity index (χ4v) is 2.64. The summed E-state index contributed by atoms with van der Waals surface area (Å²) in [6.45, 7) is 0. The molecular formula is C21H19BrO. The Morgan fingerprint density at radius 1 is 1.13 bits per heavy atom. The van der Waals surface area contributed by atoms with Crippen molar-refractivity contribution in [2.24, 2.45) is 0 Å². The fraction of sp³-hybridized carbons (Fsp3) is 0.238. The summed E-state index contributed by atoms with van der Waals surface area (Å²) in [5.74, 6) is 8.49. The first kappa shape index (κ1) is 17.4. The van der Waals surface area contributed by atoms with Crippen LogP contribution in [0.2, 0.25) is 0 Å². The molecule has 0 aromatic heterocycles. The summed E-state index contributed by atoms with van der Waals surface area (Å²) >= 11 is 3.44. The molecule has 1 nitrogen and oxygen atoms in total. The van der Waals surface area contributed by atoms with Crippen LogP contribution < -0.4 is 0 Å². The van der Waals surface area contributed by atoms with Crippen molar-refractivity contribution in [3.05, 3.63) is 52.5 Å². The number of benzene rings is 2. The van der Waals surface area contributed by atoms with Crippen molar-refractivity contribution in [2.75, 3.05) is 0 Å². The predicted molar refractivity (Wildman–Crippen MR) is 102 cm³/mol. The van der Waals surface area contributed by atoms with E-state index in [9.17, 15) is 5.11 Å². The molecule has 1 N–H and O–H groups in total. The van der Waals surface area contributed by atoms with Crippen molar-refractivity contribution in [1.82, 2.24) is 0 Å². The Kier molecular flexibility index (Phi) is 6.95. The molecule has 0 bridgehead atoms. The molecule has 0 spiro atoms. The predicted octanol–water partition coefficient (Wildman–Crippen LogP) is 5.13. The van der Waals surface area contributed by atoms with Crippen LogP contribution in [0.3, 0.4) is 0 Å². The van der Waals surface area contributed by atoms with Gasteiger partial charge < -0.3 is 5.11 Å². The Morgan fingerprint density at radius 3 is 2.70 bits per heavy atom. The summed E-state index contributed by atoms with van der Waals surface area (Å²) in [6, 6.07) is 14.3. The second-order valence-corrected chi connectivity index (χ2v) is 6.15. The van der Waals surface area contributed by atoms with E-state index in [1.165, 1.54) is 5.39 Å². The summed E-state index contributed by atoms with van der Waals surface area (Å²) in [5.41, 5.74) is 1.06. The largest absolute Gasteiger partial charge is 0.376 e. The normalized spacial score (nSPS) is 12.3. The molecule has 0 amide bonds. The van der Waals surface area contributed by atoms with Gasteiger partial charge in [-0.2, -0.15) is 0 Å². The molecule has 116 valence electrons. The molecule has 0 saturated heterocycles. The number of rotatable bonds is 5. The average Bonchev–Trinajstić information content (AvgIpc) is 2.58. The lowest BCUT2D eigenvalue weighted by Gasteiger charge is -2.05. The number of unbranched alkanes of at least 4 members (excludes halogenated alkanes) is 3. The molecule has 0 fully saturated rings. The topological polar surface area (TPSA) is 20.2 Å². The number of halogens is 1. The highest BCUT2D eigenvalue weighted by molar-refractivity contribution is 9.11. The molecule has 0 heterocycles. The van der Waals surface area contributed by atoms with Gasteiger partial charge in [0.25, 0.3) is 0 Å². The Hall–Kier alpha value is -2.00. The quantitative estimate of drug-likeness (QED) is 0.574. The van der Waals surface area contributed by atoms with Crippen LogP contribution >= 0.6 is 15.9 Å². The first-order chi connectivity index (χ1) is 11.2. The highest BCUT2D eigenvalue weighted by Gasteiger charge is 2.05. The second-order valence-electron chi connectivity index (χ2n) is 5.23. The van der Waals surface area contributed by atoms with E-state index >= 15 is 0 Å². The minimum atomic E-state index is -0.804. The highest BCUT2D eigenvalue weighted by atomic mass is 79.9. The van der Waals surface area contributed by atoms with Crippen molar-refractivity contribution in [3.8, 4) is 24.2 Å². The second kappa shape index (κ2) is 9.21. The van der Waals surface area contributed by atoms with Crippen LogP contribution in [0.5, 0.6) is 0 Å². The van der Waals surface area contributed by atoms with Gasteiger partial charge in [0.1, 0.15) is 6.10 Å². The number of fused-ring (bicyclic) bond motifs is 1. The number of hydrogen-bond donors (Lipinski definition) is 1. The zero-order valence-corrected chi connectivity index (χ0v) is 14.5. The molecule has 2 heteroatoms. The van der Waals surface area contributed by atoms with E-state index in [0.717, 1.165) is 36.6 Å². The highest BCUT2D eigenvalue weighted by Crippen LogP contribution is 2.23. The van der Waals surface area contributed by atoms with E-state index in [4.69, 9.17) is 6.42 Å². The van der Waals surface area contributed by atoms with Gasteiger partial charge in [0.15, 0.2) is 0 Å². The van der Waals surface area contributed by atoms with Gasteiger partial charge in [0.05, 0.1) is 0 Å². The lowest BCUT2D eigenvalue weighted by Crippen LogP contribution is -2.02. The Balaban J connectivity index is 2.06. The molecular weight excluding hydrogens is 348 g/mol. The number of terminal acetylenes is 1. The zero-order chi connectivity index (χ0) is 16.5. The molecule has 1 unspecified atom stereocenters. The van der Waals surface area contributed by atoms with Crippen LogP contribution in [0.4, 0.5) is 0 Å². The van der Waals surface area contributed by atoms with E-state index in [-0.39, 0.29) is 0 Å². The summed E-state index contributed by atoms with van der Waals surface area (Å²) in [7, 11) is 0. The van der Waals surface area contributed by atoms with Crippen LogP contribution in [-0.4, -0.2) is 11.2 Å². The van der Waals surface area contributed by atoms with Gasteiger partial charge in [-0.25, -0.2) is 0 Å². The van der Waals surface area contributed by atoms with Crippen LogP contribution in [0.25, 0.3) is 16.8 Å². The van der Waals surface area contributed by atoms with Crippen molar-refractivity contribution < 1.29 is 5.11 Å². The molecule has 2 rings (SSSR count). The third kappa shape index (κ3) is 5.29. The number of aliphatic hydroxyl groups excluding tert-OH is 1. The van der Waals surface area contributed by atoms with Gasteiger partial charge >= 0.3 is 0 Å². The van der Waals surface area contributed by atoms with Crippen LogP contribution in [0.1, 0.15) is 31.2 Å². The first-order valence-electron chi connectivity index (χ1n) is 7.67. The Morgan fingerprint density at radius 2 is 1.87 bits per heavy atom. The van der Waals surface area contributed by atoms with Gasteiger partial charge in [-0.1, -0.05) is 64.3 Å². The van der Waals surface area contributed by atoms with Crippen molar-refractivity contribution in [2.45, 2.75) is 31.8 Å². The minimum absolute atomic E-state index is 0.671.